The van der Waals surface area contributed by atoms with Crippen molar-refractivity contribution in [3.05, 3.63) is 46.7 Å². The summed E-state index contributed by atoms with van der Waals surface area (Å²) in [6, 6.07) is 2.51. The number of nitrogens with one attached hydrogen (secondary N) is 1. The summed E-state index contributed by atoms with van der Waals surface area (Å²) < 4.78 is 10.2. The summed E-state index contributed by atoms with van der Waals surface area (Å²) in [5.74, 6) is -0.871. The first-order chi connectivity index (χ1) is 12.8. The minimum absolute atomic E-state index is 0.192. The first kappa shape index (κ1) is 20.5. The van der Waals surface area contributed by atoms with Gasteiger partial charge in [0, 0.05) is 17.8 Å². The van der Waals surface area contributed by atoms with E-state index in [0.717, 1.165) is 0 Å². The van der Waals surface area contributed by atoms with E-state index in [1.54, 1.807) is 39.8 Å². The number of aryl methyl sites for hydroxylation is 1. The number of H-pyrrole nitrogens is 1. The molecule has 0 unspecified atom stereocenters. The van der Waals surface area contributed by atoms with E-state index in [1.165, 1.54) is 11.2 Å². The maximum Gasteiger partial charge on any atom is 0.355 e. The molecule has 7 heteroatoms. The quantitative estimate of drug-likeness (QED) is 0.564. The monoisotopic (exact) mass is 374 g/mol. The molecule has 0 saturated carbocycles. The number of furan rings is 1. The van der Waals surface area contributed by atoms with Gasteiger partial charge in [-0.1, -0.05) is 6.92 Å². The van der Waals surface area contributed by atoms with Crippen molar-refractivity contribution in [2.75, 3.05) is 13.2 Å². The van der Waals surface area contributed by atoms with Gasteiger partial charge in [-0.2, -0.15) is 0 Å². The average molecular weight is 374 g/mol. The number of aromatic amines is 1. The lowest BCUT2D eigenvalue weighted by molar-refractivity contribution is 0.0518. The SMILES string of the molecule is CCCN(C(=O)c1ccco1)[C@@H](C)C(=O)c1c(C)[nH]c(C(=O)OCC)c1C. The Labute approximate surface area is 158 Å². The molecule has 146 valence electrons. The number of carbonyl (C=O) groups excluding carboxylic acids is 3. The number of hydrogen-bond donors (Lipinski definition) is 1. The van der Waals surface area contributed by atoms with Crippen LogP contribution in [0.15, 0.2) is 22.8 Å². The van der Waals surface area contributed by atoms with E-state index in [-0.39, 0.29) is 29.8 Å². The van der Waals surface area contributed by atoms with Gasteiger partial charge in [0.25, 0.3) is 5.91 Å². The molecule has 2 heterocycles. The largest absolute Gasteiger partial charge is 0.461 e. The molecule has 0 bridgehead atoms. The Morgan fingerprint density at radius 2 is 1.96 bits per heavy atom. The normalized spacial score (nSPS) is 11.9. The van der Waals surface area contributed by atoms with Crippen LogP contribution in [0.1, 0.15) is 69.9 Å². The zero-order valence-electron chi connectivity index (χ0n) is 16.4. The summed E-state index contributed by atoms with van der Waals surface area (Å²) in [4.78, 5) is 42.4. The van der Waals surface area contributed by atoms with Crippen LogP contribution in [-0.2, 0) is 4.74 Å². The lowest BCUT2D eigenvalue weighted by Crippen LogP contribution is -2.44. The molecule has 0 aliphatic heterocycles. The molecule has 0 aromatic carbocycles. The second kappa shape index (κ2) is 8.70. The van der Waals surface area contributed by atoms with Crippen molar-refractivity contribution >= 4 is 17.7 Å². The van der Waals surface area contributed by atoms with E-state index in [0.29, 0.717) is 29.8 Å². The van der Waals surface area contributed by atoms with E-state index in [2.05, 4.69) is 4.98 Å². The summed E-state index contributed by atoms with van der Waals surface area (Å²) in [7, 11) is 0. The number of esters is 1. The van der Waals surface area contributed by atoms with Gasteiger partial charge in [0.05, 0.1) is 18.9 Å². The molecule has 27 heavy (non-hydrogen) atoms. The summed E-state index contributed by atoms with van der Waals surface area (Å²) in [6.07, 6.45) is 2.12. The van der Waals surface area contributed by atoms with E-state index < -0.39 is 12.0 Å². The predicted molar refractivity (Wildman–Crippen MR) is 100 cm³/mol. The van der Waals surface area contributed by atoms with Crippen LogP contribution in [0.2, 0.25) is 0 Å². The maximum atomic E-state index is 13.2. The summed E-state index contributed by atoms with van der Waals surface area (Å²) >= 11 is 0. The van der Waals surface area contributed by atoms with Gasteiger partial charge in [0.1, 0.15) is 5.69 Å². The van der Waals surface area contributed by atoms with Gasteiger partial charge in [0.15, 0.2) is 11.5 Å². The van der Waals surface area contributed by atoms with Crippen molar-refractivity contribution in [2.24, 2.45) is 0 Å². The third-order valence-electron chi connectivity index (χ3n) is 4.47. The smallest absolute Gasteiger partial charge is 0.355 e. The molecule has 2 rings (SSSR count). The fourth-order valence-electron chi connectivity index (χ4n) is 3.13. The first-order valence-electron chi connectivity index (χ1n) is 9.08. The Hall–Kier alpha value is -2.83. The molecule has 0 radical (unpaired) electrons. The van der Waals surface area contributed by atoms with Gasteiger partial charge < -0.3 is 19.0 Å². The highest BCUT2D eigenvalue weighted by Gasteiger charge is 2.32. The number of amides is 1. The molecule has 2 aromatic heterocycles. The van der Waals surface area contributed by atoms with Crippen LogP contribution in [-0.4, -0.2) is 46.7 Å². The second-order valence-corrected chi connectivity index (χ2v) is 6.36. The Bertz CT molecular complexity index is 820. The summed E-state index contributed by atoms with van der Waals surface area (Å²) in [5.41, 5.74) is 1.79. The van der Waals surface area contributed by atoms with Crippen molar-refractivity contribution in [1.82, 2.24) is 9.88 Å². The second-order valence-electron chi connectivity index (χ2n) is 6.36. The molecule has 0 aliphatic carbocycles. The van der Waals surface area contributed by atoms with E-state index in [1.807, 2.05) is 6.92 Å². The van der Waals surface area contributed by atoms with Crippen molar-refractivity contribution in [3.8, 4) is 0 Å². The highest BCUT2D eigenvalue weighted by molar-refractivity contribution is 6.07. The van der Waals surface area contributed by atoms with E-state index in [9.17, 15) is 14.4 Å². The molecule has 1 amide bonds. The number of rotatable bonds is 8. The highest BCUT2D eigenvalue weighted by Crippen LogP contribution is 2.23. The van der Waals surface area contributed by atoms with Crippen LogP contribution in [0.25, 0.3) is 0 Å². The molecule has 2 aromatic rings. The predicted octanol–water partition coefficient (Wildman–Crippen LogP) is 3.52. The Morgan fingerprint density at radius 3 is 2.52 bits per heavy atom. The van der Waals surface area contributed by atoms with Crippen LogP contribution >= 0.6 is 0 Å². The lowest BCUT2D eigenvalue weighted by atomic mass is 9.99. The van der Waals surface area contributed by atoms with Gasteiger partial charge in [-0.3, -0.25) is 9.59 Å². The van der Waals surface area contributed by atoms with Gasteiger partial charge in [0.2, 0.25) is 0 Å². The number of hydrogen-bond acceptors (Lipinski definition) is 5. The summed E-state index contributed by atoms with van der Waals surface area (Å²) in [5, 5.41) is 0. The van der Waals surface area contributed by atoms with E-state index >= 15 is 0 Å². The van der Waals surface area contributed by atoms with Crippen molar-refractivity contribution in [1.29, 1.82) is 0 Å². The molecule has 0 saturated heterocycles. The molecule has 7 nitrogen and oxygen atoms in total. The zero-order chi connectivity index (χ0) is 20.1. The minimum Gasteiger partial charge on any atom is -0.461 e. The molecule has 0 fully saturated rings. The Morgan fingerprint density at radius 1 is 1.26 bits per heavy atom. The van der Waals surface area contributed by atoms with Crippen molar-refractivity contribution < 1.29 is 23.5 Å². The van der Waals surface area contributed by atoms with Crippen LogP contribution in [0.5, 0.6) is 0 Å². The Balaban J connectivity index is 2.34. The van der Waals surface area contributed by atoms with E-state index in [4.69, 9.17) is 9.15 Å². The summed E-state index contributed by atoms with van der Waals surface area (Å²) in [6.45, 7) is 9.44. The number of aromatic nitrogens is 1. The number of carbonyl (C=O) groups is 3. The van der Waals surface area contributed by atoms with Crippen molar-refractivity contribution in [2.45, 2.75) is 47.1 Å². The van der Waals surface area contributed by atoms with Gasteiger partial charge in [-0.05, 0) is 51.8 Å². The van der Waals surface area contributed by atoms with Crippen LogP contribution < -0.4 is 0 Å². The lowest BCUT2D eigenvalue weighted by Gasteiger charge is -2.27. The highest BCUT2D eigenvalue weighted by atomic mass is 16.5. The zero-order valence-corrected chi connectivity index (χ0v) is 16.4. The number of ether oxygens (including phenoxy) is 1. The molecular formula is C20H26N2O5. The number of Topliss-reactive ketones (excluding diaryl/α,β-unsaturated/α-hetero) is 1. The Kier molecular flexibility index (Phi) is 6.60. The van der Waals surface area contributed by atoms with Gasteiger partial charge >= 0.3 is 5.97 Å². The van der Waals surface area contributed by atoms with Crippen LogP contribution in [0.3, 0.4) is 0 Å². The van der Waals surface area contributed by atoms with Crippen molar-refractivity contribution in [3.63, 3.8) is 0 Å². The fourth-order valence-corrected chi connectivity index (χ4v) is 3.13. The number of nitrogens with zero attached hydrogens (tertiary/aromatic N) is 1. The van der Waals surface area contributed by atoms with Gasteiger partial charge in [-0.25, -0.2) is 4.79 Å². The molecular weight excluding hydrogens is 348 g/mol. The third kappa shape index (κ3) is 4.13. The molecule has 1 N–H and O–H groups in total. The molecule has 0 spiro atoms. The average Bonchev–Trinajstić information content (AvgIpc) is 3.26. The number of ketones is 1. The maximum absolute atomic E-state index is 13.2. The van der Waals surface area contributed by atoms with Gasteiger partial charge in [-0.15, -0.1) is 0 Å². The van der Waals surface area contributed by atoms with Crippen LogP contribution in [0.4, 0.5) is 0 Å². The first-order valence-corrected chi connectivity index (χ1v) is 9.08. The standard InChI is InChI=1S/C20H26N2O5/c1-6-10-22(19(24)15-9-8-11-27-15)14(5)18(23)16-12(3)17(21-13(16)4)20(25)26-7-2/h8-9,11,14,21H,6-7,10H2,1-5H3/t14-/m0/s1. The topological polar surface area (TPSA) is 92.6 Å². The minimum atomic E-state index is -0.703. The van der Waals surface area contributed by atoms with Crippen LogP contribution in [0, 0.1) is 13.8 Å². The molecule has 0 aliphatic rings. The third-order valence-corrected chi connectivity index (χ3v) is 4.47. The molecule has 1 atom stereocenters. The fraction of sp³-hybridized carbons (Fsp3) is 0.450.